The predicted molar refractivity (Wildman–Crippen MR) is 59.9 cm³/mol. The van der Waals surface area contributed by atoms with E-state index in [2.05, 4.69) is 22.5 Å². The zero-order chi connectivity index (χ0) is 11.4. The Labute approximate surface area is 94.4 Å². The average Bonchev–Trinajstić information content (AvgIpc) is 2.86. The van der Waals surface area contributed by atoms with Crippen LogP contribution < -0.4 is 5.32 Å². The molecule has 0 aliphatic rings. The number of nitrogens with one attached hydrogen (secondary N) is 1. The lowest BCUT2D eigenvalue weighted by Crippen LogP contribution is -2.11. The first-order chi connectivity index (χ1) is 7.78. The molecule has 0 unspecified atom stereocenters. The van der Waals surface area contributed by atoms with Gasteiger partial charge in [-0.15, -0.1) is 0 Å². The second-order valence-electron chi connectivity index (χ2n) is 3.72. The van der Waals surface area contributed by atoms with Crippen LogP contribution in [0.5, 0.6) is 0 Å². The lowest BCUT2D eigenvalue weighted by atomic mass is 10.3. The predicted octanol–water partition coefficient (Wildman–Crippen LogP) is 1.34. The van der Waals surface area contributed by atoms with Gasteiger partial charge < -0.3 is 9.84 Å². The number of nitrogens with zero attached hydrogens (tertiary/aromatic N) is 3. The highest BCUT2D eigenvalue weighted by Crippen LogP contribution is 2.05. The van der Waals surface area contributed by atoms with Crippen LogP contribution in [0.4, 0.5) is 0 Å². The van der Waals surface area contributed by atoms with E-state index in [-0.39, 0.29) is 0 Å². The van der Waals surface area contributed by atoms with Gasteiger partial charge in [-0.05, 0) is 19.5 Å². The van der Waals surface area contributed by atoms with Crippen LogP contribution in [-0.2, 0) is 13.1 Å². The third kappa shape index (κ3) is 2.70. The molecule has 2 aromatic rings. The molecule has 0 fully saturated rings. The van der Waals surface area contributed by atoms with Gasteiger partial charge in [-0.1, -0.05) is 12.1 Å². The van der Waals surface area contributed by atoms with E-state index >= 15 is 0 Å². The minimum absolute atomic E-state index is 0.632. The summed E-state index contributed by atoms with van der Waals surface area (Å²) in [5.74, 6) is 0.830. The largest absolute Gasteiger partial charge is 0.359 e. The first-order valence-corrected chi connectivity index (χ1v) is 5.43. The third-order valence-corrected chi connectivity index (χ3v) is 2.26. The fourth-order valence-corrected chi connectivity index (χ4v) is 1.48. The molecule has 0 atom stereocenters. The van der Waals surface area contributed by atoms with Crippen LogP contribution >= 0.6 is 0 Å². The molecule has 16 heavy (non-hydrogen) atoms. The highest BCUT2D eigenvalue weighted by Gasteiger charge is 2.04. The first-order valence-electron chi connectivity index (χ1n) is 5.43. The SMILES string of the molecule is CCNCc1cc(Cn2ccc(C)n2)on1. The number of aromatic nitrogens is 3. The monoisotopic (exact) mass is 220 g/mol. The summed E-state index contributed by atoms with van der Waals surface area (Å²) in [6.45, 7) is 6.34. The van der Waals surface area contributed by atoms with Crippen LogP contribution in [0, 0.1) is 6.92 Å². The van der Waals surface area contributed by atoms with E-state index in [0.717, 1.165) is 30.2 Å². The Hall–Kier alpha value is -1.62. The van der Waals surface area contributed by atoms with Crippen LogP contribution in [0.3, 0.4) is 0 Å². The molecule has 0 aliphatic carbocycles. The minimum atomic E-state index is 0.632. The van der Waals surface area contributed by atoms with E-state index < -0.39 is 0 Å². The Kier molecular flexibility index (Phi) is 3.36. The Morgan fingerprint density at radius 3 is 3.06 bits per heavy atom. The van der Waals surface area contributed by atoms with Crippen molar-refractivity contribution in [2.45, 2.75) is 26.9 Å². The number of rotatable bonds is 5. The molecular weight excluding hydrogens is 204 g/mol. The lowest BCUT2D eigenvalue weighted by Gasteiger charge is -1.95. The van der Waals surface area contributed by atoms with Crippen LogP contribution in [0.1, 0.15) is 24.1 Å². The molecular formula is C11H16N4O. The Bertz CT molecular complexity index is 446. The van der Waals surface area contributed by atoms with Gasteiger partial charge in [0.25, 0.3) is 0 Å². The summed E-state index contributed by atoms with van der Waals surface area (Å²) < 4.78 is 7.06. The van der Waals surface area contributed by atoms with Gasteiger partial charge in [0, 0.05) is 18.8 Å². The van der Waals surface area contributed by atoms with Crippen molar-refractivity contribution in [2.24, 2.45) is 0 Å². The molecule has 0 radical (unpaired) electrons. The maximum atomic E-state index is 5.22. The highest BCUT2D eigenvalue weighted by molar-refractivity contribution is 5.06. The summed E-state index contributed by atoms with van der Waals surface area (Å²) >= 11 is 0. The molecule has 0 saturated carbocycles. The molecule has 0 aliphatic heterocycles. The molecule has 0 bridgehead atoms. The van der Waals surface area contributed by atoms with Crippen molar-refractivity contribution < 1.29 is 4.52 Å². The fraction of sp³-hybridized carbons (Fsp3) is 0.455. The van der Waals surface area contributed by atoms with Crippen molar-refractivity contribution in [3.05, 3.63) is 35.5 Å². The summed E-state index contributed by atoms with van der Waals surface area (Å²) in [6, 6.07) is 3.93. The molecule has 5 heteroatoms. The van der Waals surface area contributed by atoms with Crippen LogP contribution in [0.2, 0.25) is 0 Å². The van der Waals surface area contributed by atoms with Gasteiger partial charge in [-0.25, -0.2) is 0 Å². The summed E-state index contributed by atoms with van der Waals surface area (Å²) in [4.78, 5) is 0. The molecule has 2 rings (SSSR count). The Balaban J connectivity index is 1.97. The molecule has 0 spiro atoms. The molecule has 0 saturated heterocycles. The van der Waals surface area contributed by atoms with E-state index in [1.54, 1.807) is 0 Å². The van der Waals surface area contributed by atoms with Gasteiger partial charge in [0.2, 0.25) is 0 Å². The summed E-state index contributed by atoms with van der Waals surface area (Å²) in [6.07, 6.45) is 1.93. The van der Waals surface area contributed by atoms with Crippen molar-refractivity contribution in [3.8, 4) is 0 Å². The van der Waals surface area contributed by atoms with Gasteiger partial charge in [0.05, 0.1) is 11.4 Å². The first kappa shape index (κ1) is 10.9. The molecule has 0 aromatic carbocycles. The van der Waals surface area contributed by atoms with Crippen molar-refractivity contribution in [3.63, 3.8) is 0 Å². The molecule has 1 N–H and O–H groups in total. The van der Waals surface area contributed by atoms with Gasteiger partial charge in [0.15, 0.2) is 5.76 Å². The second-order valence-corrected chi connectivity index (χ2v) is 3.72. The maximum Gasteiger partial charge on any atom is 0.158 e. The molecule has 0 amide bonds. The molecule has 2 aromatic heterocycles. The Morgan fingerprint density at radius 1 is 1.50 bits per heavy atom. The summed E-state index contributed by atoms with van der Waals surface area (Å²) in [5, 5.41) is 11.5. The van der Waals surface area contributed by atoms with E-state index in [9.17, 15) is 0 Å². The highest BCUT2D eigenvalue weighted by atomic mass is 16.5. The van der Waals surface area contributed by atoms with Crippen molar-refractivity contribution in [2.75, 3.05) is 6.54 Å². The average molecular weight is 220 g/mol. The summed E-state index contributed by atoms with van der Waals surface area (Å²) in [5.41, 5.74) is 1.94. The maximum absolute atomic E-state index is 5.22. The zero-order valence-electron chi connectivity index (χ0n) is 9.60. The van der Waals surface area contributed by atoms with E-state index in [1.807, 2.05) is 29.9 Å². The third-order valence-electron chi connectivity index (χ3n) is 2.26. The topological polar surface area (TPSA) is 55.9 Å². The van der Waals surface area contributed by atoms with Crippen molar-refractivity contribution >= 4 is 0 Å². The standard InChI is InChI=1S/C11H16N4O/c1-3-12-7-10-6-11(16-14-10)8-15-5-4-9(2)13-15/h4-6,12H,3,7-8H2,1-2H3. The fourth-order valence-electron chi connectivity index (χ4n) is 1.48. The van der Waals surface area contributed by atoms with Crippen LogP contribution in [0.15, 0.2) is 22.9 Å². The lowest BCUT2D eigenvalue weighted by molar-refractivity contribution is 0.364. The van der Waals surface area contributed by atoms with Gasteiger partial charge in [0.1, 0.15) is 6.54 Å². The summed E-state index contributed by atoms with van der Waals surface area (Å²) in [7, 11) is 0. The molecule has 5 nitrogen and oxygen atoms in total. The van der Waals surface area contributed by atoms with Crippen LogP contribution in [0.25, 0.3) is 0 Å². The quantitative estimate of drug-likeness (QED) is 0.826. The minimum Gasteiger partial charge on any atom is -0.359 e. The van der Waals surface area contributed by atoms with Gasteiger partial charge in [-0.2, -0.15) is 5.10 Å². The number of aryl methyl sites for hydroxylation is 1. The van der Waals surface area contributed by atoms with Gasteiger partial charge >= 0.3 is 0 Å². The zero-order valence-corrected chi connectivity index (χ0v) is 9.60. The van der Waals surface area contributed by atoms with E-state index in [4.69, 9.17) is 4.52 Å². The van der Waals surface area contributed by atoms with Gasteiger partial charge in [-0.3, -0.25) is 4.68 Å². The Morgan fingerprint density at radius 2 is 2.38 bits per heavy atom. The molecule has 2 heterocycles. The molecule has 86 valence electrons. The van der Waals surface area contributed by atoms with E-state index in [1.165, 1.54) is 0 Å². The smallest absolute Gasteiger partial charge is 0.158 e. The van der Waals surface area contributed by atoms with Crippen molar-refractivity contribution in [1.29, 1.82) is 0 Å². The number of hydrogen-bond donors (Lipinski definition) is 1. The van der Waals surface area contributed by atoms with Crippen LogP contribution in [-0.4, -0.2) is 21.5 Å². The van der Waals surface area contributed by atoms with Crippen molar-refractivity contribution in [1.82, 2.24) is 20.3 Å². The number of hydrogen-bond acceptors (Lipinski definition) is 4. The van der Waals surface area contributed by atoms with E-state index in [0.29, 0.717) is 6.54 Å². The second kappa shape index (κ2) is 4.94. The normalized spacial score (nSPS) is 10.9.